The third kappa shape index (κ3) is 3.49. The first-order valence-corrected chi connectivity index (χ1v) is 7.40. The van der Waals surface area contributed by atoms with E-state index in [1.807, 2.05) is 13.1 Å². The Morgan fingerprint density at radius 3 is 2.60 bits per heavy atom. The Bertz CT molecular complexity index is 456. The number of nitrogens with zero attached hydrogens (tertiary/aromatic N) is 2. The summed E-state index contributed by atoms with van der Waals surface area (Å²) in [5.74, 6) is -0.252. The highest BCUT2D eigenvalue weighted by atomic mass is 19.1. The lowest BCUT2D eigenvalue weighted by Crippen LogP contribution is -2.32. The first-order valence-electron chi connectivity index (χ1n) is 7.40. The minimum Gasteiger partial charge on any atom is -0.389 e. The van der Waals surface area contributed by atoms with E-state index in [2.05, 4.69) is 9.80 Å². The maximum absolute atomic E-state index is 13.7. The lowest BCUT2D eigenvalue weighted by atomic mass is 10.0. The molecule has 0 aliphatic carbocycles. The fourth-order valence-electron chi connectivity index (χ4n) is 2.76. The van der Waals surface area contributed by atoms with Gasteiger partial charge in [0.15, 0.2) is 0 Å². The van der Waals surface area contributed by atoms with Gasteiger partial charge in [0.05, 0.1) is 6.10 Å². The van der Waals surface area contributed by atoms with Gasteiger partial charge in [-0.15, -0.1) is 0 Å². The summed E-state index contributed by atoms with van der Waals surface area (Å²) in [5.41, 5.74) is 2.22. The molecule has 0 amide bonds. The van der Waals surface area contributed by atoms with Gasteiger partial charge in [0.1, 0.15) is 5.82 Å². The van der Waals surface area contributed by atoms with Gasteiger partial charge >= 0.3 is 0 Å². The molecule has 1 atom stereocenters. The molecular weight excluding hydrogens is 255 g/mol. The zero-order valence-corrected chi connectivity index (χ0v) is 12.7. The largest absolute Gasteiger partial charge is 0.389 e. The summed E-state index contributed by atoms with van der Waals surface area (Å²) < 4.78 is 13.7. The number of anilines is 1. The number of aryl methyl sites for hydroxylation is 1. The van der Waals surface area contributed by atoms with Gasteiger partial charge in [0.2, 0.25) is 0 Å². The van der Waals surface area contributed by atoms with E-state index in [9.17, 15) is 9.50 Å². The van der Waals surface area contributed by atoms with Crippen LogP contribution in [0.3, 0.4) is 0 Å². The quantitative estimate of drug-likeness (QED) is 0.898. The summed E-state index contributed by atoms with van der Waals surface area (Å²) in [6.07, 6.45) is 1.92. The second kappa shape index (κ2) is 6.55. The topological polar surface area (TPSA) is 26.7 Å². The van der Waals surface area contributed by atoms with Crippen LogP contribution in [0.1, 0.15) is 37.0 Å². The van der Waals surface area contributed by atoms with Crippen LogP contribution in [0.2, 0.25) is 0 Å². The normalized spacial score (nSPS) is 17.4. The van der Waals surface area contributed by atoms with Crippen LogP contribution in [0.15, 0.2) is 12.1 Å². The molecule has 1 aromatic carbocycles. The van der Waals surface area contributed by atoms with Crippen LogP contribution >= 0.6 is 0 Å². The van der Waals surface area contributed by atoms with Crippen molar-refractivity contribution in [2.75, 3.05) is 38.1 Å². The smallest absolute Gasteiger partial charge is 0.126 e. The first-order chi connectivity index (χ1) is 9.49. The van der Waals surface area contributed by atoms with Crippen LogP contribution in [0.5, 0.6) is 0 Å². The Morgan fingerprint density at radius 2 is 2.00 bits per heavy atom. The summed E-state index contributed by atoms with van der Waals surface area (Å²) >= 11 is 0. The van der Waals surface area contributed by atoms with Crippen molar-refractivity contribution in [3.05, 3.63) is 29.1 Å². The Balaban J connectivity index is 2.10. The fourth-order valence-corrected chi connectivity index (χ4v) is 2.76. The minimum atomic E-state index is -0.658. The van der Waals surface area contributed by atoms with Crippen molar-refractivity contribution in [1.82, 2.24) is 4.90 Å². The molecule has 20 heavy (non-hydrogen) atoms. The predicted molar refractivity (Wildman–Crippen MR) is 80.7 cm³/mol. The minimum absolute atomic E-state index is 0.252. The third-order valence-electron chi connectivity index (χ3n) is 4.12. The molecule has 1 unspecified atom stereocenters. The lowest BCUT2D eigenvalue weighted by Gasteiger charge is -2.26. The number of likely N-dealkylation sites (N-methyl/N-ethyl adjacent to an activating group) is 1. The van der Waals surface area contributed by atoms with Crippen LogP contribution in [-0.2, 0) is 0 Å². The van der Waals surface area contributed by atoms with Gasteiger partial charge in [0.25, 0.3) is 0 Å². The van der Waals surface area contributed by atoms with E-state index in [1.165, 1.54) is 32.0 Å². The zero-order valence-electron chi connectivity index (χ0n) is 12.7. The second-order valence-corrected chi connectivity index (χ2v) is 5.81. The molecule has 1 aromatic rings. The summed E-state index contributed by atoms with van der Waals surface area (Å²) in [7, 11) is 2.01. The van der Waals surface area contributed by atoms with Crippen molar-refractivity contribution >= 4 is 5.69 Å². The fraction of sp³-hybridized carbons (Fsp3) is 0.625. The first kappa shape index (κ1) is 15.3. The van der Waals surface area contributed by atoms with Gasteiger partial charge in [-0.05, 0) is 57.5 Å². The van der Waals surface area contributed by atoms with Gasteiger partial charge < -0.3 is 14.9 Å². The molecule has 0 aromatic heterocycles. The van der Waals surface area contributed by atoms with Crippen LogP contribution in [0.4, 0.5) is 10.1 Å². The van der Waals surface area contributed by atoms with Crippen molar-refractivity contribution < 1.29 is 9.50 Å². The Hall–Kier alpha value is -1.13. The van der Waals surface area contributed by atoms with E-state index in [0.717, 1.165) is 18.8 Å². The number of rotatable bonds is 5. The van der Waals surface area contributed by atoms with Gasteiger partial charge in [-0.1, -0.05) is 0 Å². The number of aliphatic hydroxyl groups excluding tert-OH is 1. The second-order valence-electron chi connectivity index (χ2n) is 5.81. The van der Waals surface area contributed by atoms with Crippen molar-refractivity contribution in [2.24, 2.45) is 0 Å². The number of benzene rings is 1. The molecule has 1 saturated heterocycles. The van der Waals surface area contributed by atoms with E-state index < -0.39 is 6.10 Å². The highest BCUT2D eigenvalue weighted by Crippen LogP contribution is 2.28. The molecule has 3 nitrogen and oxygen atoms in total. The Labute approximate surface area is 121 Å². The molecule has 1 heterocycles. The van der Waals surface area contributed by atoms with Crippen LogP contribution in [0.25, 0.3) is 0 Å². The number of aliphatic hydroxyl groups is 1. The third-order valence-corrected chi connectivity index (χ3v) is 4.12. The summed E-state index contributed by atoms with van der Waals surface area (Å²) in [5, 5.41) is 9.84. The van der Waals surface area contributed by atoms with Crippen molar-refractivity contribution in [3.8, 4) is 0 Å². The van der Waals surface area contributed by atoms with E-state index in [-0.39, 0.29) is 5.82 Å². The number of hydrogen-bond acceptors (Lipinski definition) is 3. The van der Waals surface area contributed by atoms with Crippen LogP contribution in [-0.4, -0.2) is 43.2 Å². The molecule has 0 bridgehead atoms. The zero-order chi connectivity index (χ0) is 14.7. The van der Waals surface area contributed by atoms with Crippen molar-refractivity contribution in [2.45, 2.75) is 32.8 Å². The van der Waals surface area contributed by atoms with Crippen molar-refractivity contribution in [1.29, 1.82) is 0 Å². The molecule has 0 saturated carbocycles. The maximum atomic E-state index is 13.7. The molecule has 1 fully saturated rings. The van der Waals surface area contributed by atoms with E-state index in [0.29, 0.717) is 11.1 Å². The van der Waals surface area contributed by atoms with E-state index >= 15 is 0 Å². The van der Waals surface area contributed by atoms with Crippen LogP contribution < -0.4 is 4.90 Å². The van der Waals surface area contributed by atoms with Crippen molar-refractivity contribution in [3.63, 3.8) is 0 Å². The van der Waals surface area contributed by atoms with Gasteiger partial charge in [-0.3, -0.25) is 0 Å². The summed E-state index contributed by atoms with van der Waals surface area (Å²) in [6.45, 7) is 7.72. The number of hydrogen-bond donors (Lipinski definition) is 1. The standard InChI is InChI=1S/C16H25FN2O/c1-12-10-16(14(13(2)20)11-15(12)17)18(3)8-9-19-6-4-5-7-19/h10-11,13,20H,4-9H2,1-3H3. The molecule has 1 aliphatic rings. The average molecular weight is 280 g/mol. The average Bonchev–Trinajstić information content (AvgIpc) is 2.91. The van der Waals surface area contributed by atoms with Gasteiger partial charge in [-0.2, -0.15) is 0 Å². The SMILES string of the molecule is Cc1cc(N(C)CCN2CCCC2)c(C(C)O)cc1F. The molecule has 2 rings (SSSR count). The molecule has 4 heteroatoms. The van der Waals surface area contributed by atoms with Gasteiger partial charge in [0, 0.05) is 31.4 Å². The molecule has 0 radical (unpaired) electrons. The lowest BCUT2D eigenvalue weighted by molar-refractivity contribution is 0.199. The number of likely N-dealkylation sites (tertiary alicyclic amines) is 1. The van der Waals surface area contributed by atoms with E-state index in [4.69, 9.17) is 0 Å². The molecule has 1 aliphatic heterocycles. The van der Waals surface area contributed by atoms with Crippen LogP contribution in [0, 0.1) is 12.7 Å². The van der Waals surface area contributed by atoms with E-state index in [1.54, 1.807) is 13.8 Å². The Morgan fingerprint density at radius 1 is 1.35 bits per heavy atom. The summed E-state index contributed by atoms with van der Waals surface area (Å²) in [6, 6.07) is 3.29. The molecular formula is C16H25FN2O. The highest BCUT2D eigenvalue weighted by molar-refractivity contribution is 5.56. The maximum Gasteiger partial charge on any atom is 0.126 e. The highest BCUT2D eigenvalue weighted by Gasteiger charge is 2.16. The summed E-state index contributed by atoms with van der Waals surface area (Å²) in [4.78, 5) is 4.57. The van der Waals surface area contributed by atoms with Gasteiger partial charge in [-0.25, -0.2) is 4.39 Å². The monoisotopic (exact) mass is 280 g/mol. The molecule has 0 spiro atoms. The predicted octanol–water partition coefficient (Wildman–Crippen LogP) is 2.72. The molecule has 1 N–H and O–H groups in total. The Kier molecular flexibility index (Phi) is 5.00. The number of halogens is 1. The molecule has 112 valence electrons.